The molecule has 2 heteroatoms. The zero-order valence-corrected chi connectivity index (χ0v) is 9.82. The molecular formula is C15H15FO. The number of rotatable bonds is 4. The summed E-state index contributed by atoms with van der Waals surface area (Å²) >= 11 is 0. The van der Waals surface area contributed by atoms with Crippen molar-refractivity contribution < 1.29 is 9.13 Å². The van der Waals surface area contributed by atoms with Gasteiger partial charge in [-0.25, -0.2) is 4.39 Å². The van der Waals surface area contributed by atoms with Crippen LogP contribution in [0, 0.1) is 5.82 Å². The van der Waals surface area contributed by atoms with Gasteiger partial charge in [-0.05, 0) is 41.8 Å². The molecule has 0 saturated heterocycles. The van der Waals surface area contributed by atoms with E-state index in [0.717, 1.165) is 17.7 Å². The Balaban J connectivity index is 1.95. The first-order valence-electron chi connectivity index (χ1n) is 5.74. The smallest absolute Gasteiger partial charge is 0.123 e. The fourth-order valence-corrected chi connectivity index (χ4v) is 1.57. The highest BCUT2D eigenvalue weighted by Crippen LogP contribution is 2.14. The van der Waals surface area contributed by atoms with Crippen molar-refractivity contribution in [1.82, 2.24) is 0 Å². The Morgan fingerprint density at radius 1 is 0.882 bits per heavy atom. The van der Waals surface area contributed by atoms with Crippen molar-refractivity contribution in [2.45, 2.75) is 20.0 Å². The van der Waals surface area contributed by atoms with Gasteiger partial charge >= 0.3 is 0 Å². The molecule has 0 aliphatic heterocycles. The van der Waals surface area contributed by atoms with Crippen molar-refractivity contribution in [2.75, 3.05) is 0 Å². The third-order valence-corrected chi connectivity index (χ3v) is 2.65. The molecule has 0 saturated carbocycles. The lowest BCUT2D eigenvalue weighted by molar-refractivity contribution is 0.306. The Labute approximate surface area is 101 Å². The van der Waals surface area contributed by atoms with Crippen LogP contribution in [0.15, 0.2) is 48.5 Å². The third kappa shape index (κ3) is 3.31. The standard InChI is InChI=1S/C15H15FO/c1-2-12-5-9-15(10-6-12)17-11-13-3-7-14(16)8-4-13/h3-10H,2,11H2,1H3. The average Bonchev–Trinajstić information content (AvgIpc) is 2.39. The molecule has 0 aromatic heterocycles. The van der Waals surface area contributed by atoms with E-state index in [2.05, 4.69) is 19.1 Å². The lowest BCUT2D eigenvalue weighted by Gasteiger charge is -2.06. The summed E-state index contributed by atoms with van der Waals surface area (Å²) in [6.45, 7) is 2.58. The first-order chi connectivity index (χ1) is 8.28. The van der Waals surface area contributed by atoms with E-state index in [0.29, 0.717) is 6.61 Å². The normalized spacial score (nSPS) is 10.2. The highest BCUT2D eigenvalue weighted by molar-refractivity contribution is 5.27. The minimum atomic E-state index is -0.221. The molecule has 0 amide bonds. The lowest BCUT2D eigenvalue weighted by atomic mass is 10.2. The first-order valence-corrected chi connectivity index (χ1v) is 5.74. The highest BCUT2D eigenvalue weighted by Gasteiger charge is 1.97. The van der Waals surface area contributed by atoms with Crippen molar-refractivity contribution in [1.29, 1.82) is 0 Å². The Morgan fingerprint density at radius 3 is 2.06 bits per heavy atom. The maximum absolute atomic E-state index is 12.7. The second-order valence-corrected chi connectivity index (χ2v) is 3.91. The Morgan fingerprint density at radius 2 is 1.47 bits per heavy atom. The minimum Gasteiger partial charge on any atom is -0.489 e. The van der Waals surface area contributed by atoms with E-state index in [1.807, 2.05) is 12.1 Å². The number of benzene rings is 2. The quantitative estimate of drug-likeness (QED) is 0.772. The fourth-order valence-electron chi connectivity index (χ4n) is 1.57. The Hall–Kier alpha value is -1.83. The summed E-state index contributed by atoms with van der Waals surface area (Å²) in [5.74, 6) is 0.618. The van der Waals surface area contributed by atoms with Crippen LogP contribution in [-0.2, 0) is 13.0 Å². The zero-order chi connectivity index (χ0) is 12.1. The molecule has 0 radical (unpaired) electrons. The van der Waals surface area contributed by atoms with Crippen LogP contribution in [0.3, 0.4) is 0 Å². The van der Waals surface area contributed by atoms with Gasteiger partial charge in [0.15, 0.2) is 0 Å². The maximum Gasteiger partial charge on any atom is 0.123 e. The first kappa shape index (κ1) is 11.6. The van der Waals surface area contributed by atoms with E-state index in [-0.39, 0.29) is 5.82 Å². The van der Waals surface area contributed by atoms with Crippen molar-refractivity contribution >= 4 is 0 Å². The molecule has 1 nitrogen and oxygen atoms in total. The van der Waals surface area contributed by atoms with Crippen LogP contribution in [0.2, 0.25) is 0 Å². The molecule has 0 unspecified atom stereocenters. The van der Waals surface area contributed by atoms with Crippen LogP contribution in [0.25, 0.3) is 0 Å². The van der Waals surface area contributed by atoms with Crippen molar-refractivity contribution in [2.24, 2.45) is 0 Å². The molecule has 17 heavy (non-hydrogen) atoms. The lowest BCUT2D eigenvalue weighted by Crippen LogP contribution is -1.95. The molecule has 0 aliphatic rings. The van der Waals surface area contributed by atoms with Gasteiger partial charge in [0.05, 0.1) is 0 Å². The van der Waals surface area contributed by atoms with Gasteiger partial charge in [0.25, 0.3) is 0 Å². The molecule has 0 N–H and O–H groups in total. The van der Waals surface area contributed by atoms with Gasteiger partial charge in [-0.1, -0.05) is 31.2 Å². The Bertz CT molecular complexity index is 459. The second kappa shape index (κ2) is 5.48. The van der Waals surface area contributed by atoms with Crippen LogP contribution in [-0.4, -0.2) is 0 Å². The summed E-state index contributed by atoms with van der Waals surface area (Å²) in [5, 5.41) is 0. The molecule has 88 valence electrons. The van der Waals surface area contributed by atoms with Crippen molar-refractivity contribution in [3.63, 3.8) is 0 Å². The summed E-state index contributed by atoms with van der Waals surface area (Å²) < 4.78 is 18.3. The van der Waals surface area contributed by atoms with Crippen LogP contribution in [0.4, 0.5) is 4.39 Å². The van der Waals surface area contributed by atoms with Crippen LogP contribution in [0.5, 0.6) is 5.75 Å². The van der Waals surface area contributed by atoms with Crippen molar-refractivity contribution in [3.8, 4) is 5.75 Å². The van der Waals surface area contributed by atoms with Crippen molar-refractivity contribution in [3.05, 3.63) is 65.5 Å². The predicted molar refractivity (Wildman–Crippen MR) is 66.6 cm³/mol. The minimum absolute atomic E-state index is 0.221. The van der Waals surface area contributed by atoms with E-state index in [9.17, 15) is 4.39 Å². The largest absolute Gasteiger partial charge is 0.489 e. The molecule has 0 atom stereocenters. The van der Waals surface area contributed by atoms with E-state index in [1.165, 1.54) is 17.7 Å². The van der Waals surface area contributed by atoms with Gasteiger partial charge in [0.1, 0.15) is 18.2 Å². The molecular weight excluding hydrogens is 215 g/mol. The summed E-state index contributed by atoms with van der Waals surface area (Å²) in [5.41, 5.74) is 2.25. The number of ether oxygens (including phenoxy) is 1. The summed E-state index contributed by atoms with van der Waals surface area (Å²) in [7, 11) is 0. The third-order valence-electron chi connectivity index (χ3n) is 2.65. The monoisotopic (exact) mass is 230 g/mol. The second-order valence-electron chi connectivity index (χ2n) is 3.91. The van der Waals surface area contributed by atoms with Crippen LogP contribution >= 0.6 is 0 Å². The Kier molecular flexibility index (Phi) is 3.76. The molecule has 0 fully saturated rings. The van der Waals surface area contributed by atoms with Crippen LogP contribution < -0.4 is 4.74 Å². The SMILES string of the molecule is CCc1ccc(OCc2ccc(F)cc2)cc1. The number of halogens is 1. The zero-order valence-electron chi connectivity index (χ0n) is 9.82. The highest BCUT2D eigenvalue weighted by atomic mass is 19.1. The molecule has 0 aliphatic carbocycles. The van der Waals surface area contributed by atoms with Gasteiger partial charge in [-0.15, -0.1) is 0 Å². The molecule has 2 aromatic carbocycles. The van der Waals surface area contributed by atoms with E-state index in [1.54, 1.807) is 12.1 Å². The number of aryl methyl sites for hydroxylation is 1. The average molecular weight is 230 g/mol. The summed E-state index contributed by atoms with van der Waals surface area (Å²) in [6, 6.07) is 14.4. The molecule has 0 bridgehead atoms. The van der Waals surface area contributed by atoms with Crippen LogP contribution in [0.1, 0.15) is 18.1 Å². The topological polar surface area (TPSA) is 9.23 Å². The molecule has 0 spiro atoms. The van der Waals surface area contributed by atoms with Gasteiger partial charge < -0.3 is 4.74 Å². The van der Waals surface area contributed by atoms with Gasteiger partial charge in [0, 0.05) is 0 Å². The molecule has 2 rings (SSSR count). The van der Waals surface area contributed by atoms with E-state index >= 15 is 0 Å². The van der Waals surface area contributed by atoms with E-state index in [4.69, 9.17) is 4.74 Å². The summed E-state index contributed by atoms with van der Waals surface area (Å²) in [6.07, 6.45) is 1.03. The molecule has 2 aromatic rings. The predicted octanol–water partition coefficient (Wildman–Crippen LogP) is 3.97. The maximum atomic E-state index is 12.7. The summed E-state index contributed by atoms with van der Waals surface area (Å²) in [4.78, 5) is 0. The van der Waals surface area contributed by atoms with Gasteiger partial charge in [0.2, 0.25) is 0 Å². The number of hydrogen-bond acceptors (Lipinski definition) is 1. The van der Waals surface area contributed by atoms with Gasteiger partial charge in [-0.2, -0.15) is 0 Å². The van der Waals surface area contributed by atoms with Gasteiger partial charge in [-0.3, -0.25) is 0 Å². The number of hydrogen-bond donors (Lipinski definition) is 0. The fraction of sp³-hybridized carbons (Fsp3) is 0.200. The molecule has 0 heterocycles. The van der Waals surface area contributed by atoms with E-state index < -0.39 is 0 Å².